The van der Waals surface area contributed by atoms with Gasteiger partial charge in [-0.15, -0.1) is 11.3 Å². The van der Waals surface area contributed by atoms with Crippen LogP contribution in [-0.2, 0) is 4.79 Å². The van der Waals surface area contributed by atoms with Crippen molar-refractivity contribution in [3.05, 3.63) is 64.2 Å². The number of nitrogens with zero attached hydrogens (tertiary/aromatic N) is 1. The minimum atomic E-state index is 0.134. The standard InChI is InChI=1S/C18H16N2OS/c1-12-2-4-13(5-3-12)15-8-16(10-17(21)9-15)20-18-14(11-19)6-7-22-18/h2-7,10,15,20H,8-9H2,1H3. The number of allylic oxidation sites excluding steroid dienone is 2. The van der Waals surface area contributed by atoms with Crippen molar-refractivity contribution in [2.45, 2.75) is 25.7 Å². The van der Waals surface area contributed by atoms with Crippen molar-refractivity contribution in [3.8, 4) is 6.07 Å². The Kier molecular flexibility index (Phi) is 4.08. The summed E-state index contributed by atoms with van der Waals surface area (Å²) in [7, 11) is 0. The average molecular weight is 308 g/mol. The molecule has 0 aliphatic heterocycles. The van der Waals surface area contributed by atoms with Crippen LogP contribution in [0.1, 0.15) is 35.4 Å². The molecular weight excluding hydrogens is 292 g/mol. The van der Waals surface area contributed by atoms with E-state index in [-0.39, 0.29) is 11.7 Å². The number of carbonyl (C=O) groups excluding carboxylic acids is 1. The molecule has 1 unspecified atom stereocenters. The SMILES string of the molecule is Cc1ccc(C2CC(=O)C=C(Nc3sccc3C#N)C2)cc1. The summed E-state index contributed by atoms with van der Waals surface area (Å²) in [5.74, 6) is 0.334. The number of anilines is 1. The Bertz CT molecular complexity index is 765. The van der Waals surface area contributed by atoms with Crippen LogP contribution >= 0.6 is 11.3 Å². The maximum Gasteiger partial charge on any atom is 0.158 e. The fourth-order valence-electron chi connectivity index (χ4n) is 2.69. The highest BCUT2D eigenvalue weighted by atomic mass is 32.1. The minimum Gasteiger partial charge on any atom is -0.349 e. The predicted octanol–water partition coefficient (Wildman–Crippen LogP) is 4.37. The van der Waals surface area contributed by atoms with Crippen molar-refractivity contribution in [3.63, 3.8) is 0 Å². The summed E-state index contributed by atoms with van der Waals surface area (Å²) in [5, 5.41) is 15.0. The third-order valence-electron chi connectivity index (χ3n) is 3.86. The number of carbonyl (C=O) groups is 1. The molecule has 0 radical (unpaired) electrons. The zero-order chi connectivity index (χ0) is 15.5. The molecule has 0 amide bonds. The molecular formula is C18H16N2OS. The first-order valence-electron chi connectivity index (χ1n) is 7.20. The van der Waals surface area contributed by atoms with Gasteiger partial charge in [0.15, 0.2) is 5.78 Å². The highest BCUT2D eigenvalue weighted by Crippen LogP contribution is 2.33. The number of ketones is 1. The first-order chi connectivity index (χ1) is 10.7. The fraction of sp³-hybridized carbons (Fsp3) is 0.222. The van der Waals surface area contributed by atoms with Gasteiger partial charge >= 0.3 is 0 Å². The Morgan fingerprint density at radius 1 is 1.23 bits per heavy atom. The molecule has 1 aliphatic rings. The molecule has 1 aliphatic carbocycles. The van der Waals surface area contributed by atoms with Crippen LogP contribution in [0.5, 0.6) is 0 Å². The average Bonchev–Trinajstić information content (AvgIpc) is 2.94. The van der Waals surface area contributed by atoms with Crippen molar-refractivity contribution in [2.75, 3.05) is 5.32 Å². The van der Waals surface area contributed by atoms with Gasteiger partial charge in [0.05, 0.1) is 5.56 Å². The number of hydrogen-bond acceptors (Lipinski definition) is 4. The molecule has 0 spiro atoms. The minimum absolute atomic E-state index is 0.134. The largest absolute Gasteiger partial charge is 0.349 e. The summed E-state index contributed by atoms with van der Waals surface area (Å²) >= 11 is 1.48. The quantitative estimate of drug-likeness (QED) is 0.916. The molecule has 0 saturated heterocycles. The van der Waals surface area contributed by atoms with E-state index in [9.17, 15) is 4.79 Å². The molecule has 1 heterocycles. The van der Waals surface area contributed by atoms with E-state index in [1.54, 1.807) is 12.1 Å². The monoisotopic (exact) mass is 308 g/mol. The Morgan fingerprint density at radius 3 is 2.73 bits per heavy atom. The number of nitriles is 1. The second-order valence-electron chi connectivity index (χ2n) is 5.55. The Balaban J connectivity index is 1.80. The van der Waals surface area contributed by atoms with E-state index < -0.39 is 0 Å². The Hall–Kier alpha value is -2.38. The second kappa shape index (κ2) is 6.17. The molecule has 4 heteroatoms. The number of hydrogen-bond donors (Lipinski definition) is 1. The Labute approximate surface area is 133 Å². The normalized spacial score (nSPS) is 17.7. The van der Waals surface area contributed by atoms with Crippen molar-refractivity contribution < 1.29 is 4.79 Å². The third-order valence-corrected chi connectivity index (χ3v) is 4.69. The third kappa shape index (κ3) is 3.10. The first kappa shape index (κ1) is 14.6. The van der Waals surface area contributed by atoms with E-state index >= 15 is 0 Å². The van der Waals surface area contributed by atoms with Gasteiger partial charge < -0.3 is 5.32 Å². The van der Waals surface area contributed by atoms with Gasteiger partial charge in [-0.05, 0) is 36.3 Å². The number of benzene rings is 1. The van der Waals surface area contributed by atoms with Crippen LogP contribution in [0.4, 0.5) is 5.00 Å². The lowest BCUT2D eigenvalue weighted by Crippen LogP contribution is -2.16. The van der Waals surface area contributed by atoms with E-state index in [2.05, 4.69) is 42.6 Å². The van der Waals surface area contributed by atoms with Gasteiger partial charge in [0.2, 0.25) is 0 Å². The summed E-state index contributed by atoms with van der Waals surface area (Å²) in [6.45, 7) is 2.06. The van der Waals surface area contributed by atoms with E-state index in [1.165, 1.54) is 22.5 Å². The lowest BCUT2D eigenvalue weighted by atomic mass is 9.85. The molecule has 22 heavy (non-hydrogen) atoms. The molecule has 1 atom stereocenters. The van der Waals surface area contributed by atoms with Crippen molar-refractivity contribution in [1.82, 2.24) is 0 Å². The van der Waals surface area contributed by atoms with Gasteiger partial charge in [-0.25, -0.2) is 0 Å². The van der Waals surface area contributed by atoms with Crippen LogP contribution in [0.2, 0.25) is 0 Å². The van der Waals surface area contributed by atoms with Gasteiger partial charge in [0.25, 0.3) is 0 Å². The van der Waals surface area contributed by atoms with E-state index in [0.717, 1.165) is 17.1 Å². The lowest BCUT2D eigenvalue weighted by molar-refractivity contribution is -0.115. The fourth-order valence-corrected chi connectivity index (χ4v) is 3.46. The maximum atomic E-state index is 12.0. The zero-order valence-corrected chi connectivity index (χ0v) is 13.1. The summed E-state index contributed by atoms with van der Waals surface area (Å²) < 4.78 is 0. The molecule has 1 aromatic carbocycles. The Morgan fingerprint density at radius 2 is 2.00 bits per heavy atom. The number of rotatable bonds is 3. The molecule has 1 N–H and O–H groups in total. The zero-order valence-electron chi connectivity index (χ0n) is 12.3. The van der Waals surface area contributed by atoms with Gasteiger partial charge in [-0.3, -0.25) is 4.79 Å². The smallest absolute Gasteiger partial charge is 0.158 e. The molecule has 2 aromatic rings. The predicted molar refractivity (Wildman–Crippen MR) is 88.9 cm³/mol. The van der Waals surface area contributed by atoms with Crippen LogP contribution in [0.25, 0.3) is 0 Å². The van der Waals surface area contributed by atoms with E-state index in [1.807, 2.05) is 5.38 Å². The molecule has 3 rings (SSSR count). The van der Waals surface area contributed by atoms with Gasteiger partial charge in [0.1, 0.15) is 11.1 Å². The van der Waals surface area contributed by atoms with Crippen LogP contribution in [0, 0.1) is 18.3 Å². The van der Waals surface area contributed by atoms with Crippen molar-refractivity contribution >= 4 is 22.1 Å². The molecule has 0 fully saturated rings. The summed E-state index contributed by atoms with van der Waals surface area (Å²) in [6.07, 6.45) is 3.01. The van der Waals surface area contributed by atoms with Gasteiger partial charge in [-0.1, -0.05) is 29.8 Å². The number of aryl methyl sites for hydroxylation is 1. The molecule has 110 valence electrons. The van der Waals surface area contributed by atoms with Crippen LogP contribution in [0.15, 0.2) is 47.5 Å². The molecule has 1 aromatic heterocycles. The van der Waals surface area contributed by atoms with Crippen LogP contribution in [-0.4, -0.2) is 5.78 Å². The number of nitrogens with one attached hydrogen (secondary N) is 1. The molecule has 0 bridgehead atoms. The lowest BCUT2D eigenvalue weighted by Gasteiger charge is -2.23. The van der Waals surface area contributed by atoms with Crippen LogP contribution < -0.4 is 5.32 Å². The summed E-state index contributed by atoms with van der Waals surface area (Å²) in [4.78, 5) is 12.0. The maximum absolute atomic E-state index is 12.0. The second-order valence-corrected chi connectivity index (χ2v) is 6.47. The van der Waals surface area contributed by atoms with Crippen molar-refractivity contribution in [2.24, 2.45) is 0 Å². The number of thiophene rings is 1. The first-order valence-corrected chi connectivity index (χ1v) is 8.08. The summed E-state index contributed by atoms with van der Waals surface area (Å²) in [5.41, 5.74) is 3.92. The van der Waals surface area contributed by atoms with Gasteiger partial charge in [-0.2, -0.15) is 5.26 Å². The van der Waals surface area contributed by atoms with Gasteiger partial charge in [0, 0.05) is 18.2 Å². The molecule has 3 nitrogen and oxygen atoms in total. The van der Waals surface area contributed by atoms with Crippen LogP contribution in [0.3, 0.4) is 0 Å². The van der Waals surface area contributed by atoms with E-state index in [4.69, 9.17) is 5.26 Å². The highest BCUT2D eigenvalue weighted by Gasteiger charge is 2.22. The topological polar surface area (TPSA) is 52.9 Å². The highest BCUT2D eigenvalue weighted by molar-refractivity contribution is 7.14. The summed E-state index contributed by atoms with van der Waals surface area (Å²) in [6, 6.07) is 12.3. The van der Waals surface area contributed by atoms with Crippen molar-refractivity contribution in [1.29, 1.82) is 5.26 Å². The van der Waals surface area contributed by atoms with E-state index in [0.29, 0.717) is 12.0 Å². The molecule has 0 saturated carbocycles.